The Hall–Kier alpha value is -6.17. The number of rotatable bonds is 12. The van der Waals surface area contributed by atoms with Gasteiger partial charge in [0.05, 0.1) is 0 Å². The van der Waals surface area contributed by atoms with Gasteiger partial charge >= 0.3 is 343 Å². The van der Waals surface area contributed by atoms with E-state index in [1.165, 1.54) is 0 Å². The molecule has 0 aliphatic heterocycles. The van der Waals surface area contributed by atoms with Crippen LogP contribution >= 0.6 is 36.7 Å². The fourth-order valence-corrected chi connectivity index (χ4v) is 13.9. The first-order valence-electron chi connectivity index (χ1n) is 16.8. The maximum absolute atomic E-state index is 8.33. The van der Waals surface area contributed by atoms with Crippen molar-refractivity contribution >= 4 is 103 Å². The Morgan fingerprint density at radius 2 is 0.509 bits per heavy atom. The van der Waals surface area contributed by atoms with Crippen LogP contribution in [0.2, 0.25) is 0 Å². The van der Waals surface area contributed by atoms with Crippen molar-refractivity contribution in [2.24, 2.45) is 15.3 Å². The Labute approximate surface area is 341 Å². The molecule has 3 N–H and O–H groups in total. The Balaban J connectivity index is 1.84. The number of hydrogen-bond donors (Lipinski definition) is 3. The second-order valence-electron chi connectivity index (χ2n) is 11.5. The summed E-state index contributed by atoms with van der Waals surface area (Å²) < 4.78 is 6.15. The van der Waals surface area contributed by atoms with Crippen molar-refractivity contribution in [2.75, 3.05) is 26.2 Å². The molecule has 0 amide bonds. The van der Waals surface area contributed by atoms with Gasteiger partial charge in [0.25, 0.3) is 0 Å². The molecule has 0 saturated carbocycles. The van der Waals surface area contributed by atoms with E-state index in [1.54, 1.807) is 15.0 Å². The molecule has 16 heteroatoms. The zero-order chi connectivity index (χ0) is 38.6. The Kier molecular flexibility index (Phi) is 13.1. The van der Waals surface area contributed by atoms with Crippen LogP contribution in [-0.2, 0) is 0 Å². The Morgan fingerprint density at radius 3 is 0.691 bits per heavy atom. The van der Waals surface area contributed by atoms with Gasteiger partial charge in [0.2, 0.25) is 0 Å². The summed E-state index contributed by atoms with van der Waals surface area (Å²) in [7, 11) is 0. The van der Waals surface area contributed by atoms with Crippen LogP contribution in [-0.4, -0.2) is 32.3 Å². The molecule has 0 aromatic heterocycles. The van der Waals surface area contributed by atoms with E-state index in [9.17, 15) is 0 Å². The van der Waals surface area contributed by atoms with Crippen molar-refractivity contribution in [3.8, 4) is 0 Å². The monoisotopic (exact) mass is 834 g/mol. The second-order valence-corrected chi connectivity index (χ2v) is 17.1. The number of nitrogens with one attached hydrogen (secondary N) is 3. The molecule has 0 atom stereocenters. The molecule has 0 saturated heterocycles. The molecule has 0 aliphatic carbocycles. The van der Waals surface area contributed by atoms with Crippen LogP contribution in [0.25, 0.3) is 0 Å². The van der Waals surface area contributed by atoms with Crippen molar-refractivity contribution in [3.63, 3.8) is 0 Å². The second kappa shape index (κ2) is 18.7. The molecule has 6 rings (SSSR count). The predicted octanol–water partition coefficient (Wildman–Crippen LogP) is 10.7. The summed E-state index contributed by atoms with van der Waals surface area (Å²) >= 11 is 13.5. The van der Waals surface area contributed by atoms with Crippen molar-refractivity contribution in [2.45, 2.75) is 0 Å². The molecule has 0 fully saturated rings. The molecule has 0 heterocycles. The van der Waals surface area contributed by atoms with Crippen molar-refractivity contribution < 1.29 is 0 Å². The van der Waals surface area contributed by atoms with E-state index >= 15 is 0 Å². The summed E-state index contributed by atoms with van der Waals surface area (Å²) in [5.41, 5.74) is 28.9. The third kappa shape index (κ3) is 8.64. The minimum absolute atomic E-state index is 0.0512. The number of para-hydroxylation sites is 6. The minimum atomic E-state index is -4.40. The summed E-state index contributed by atoms with van der Waals surface area (Å²) in [6, 6.07) is 57.4. The molecular weight excluding hydrogens is 802 g/mol. The molecule has 0 radical (unpaired) electrons. The topological polar surface area (TPSA) is 128 Å². The first-order chi connectivity index (χ1) is 27.0. The van der Waals surface area contributed by atoms with E-state index in [0.717, 1.165) is 0 Å². The van der Waals surface area contributed by atoms with Crippen LogP contribution in [0, 0.1) is 16.6 Å². The first-order valence-corrected chi connectivity index (χ1v) is 21.3. The van der Waals surface area contributed by atoms with E-state index < -0.39 is 16.9 Å². The third-order valence-electron chi connectivity index (χ3n) is 8.20. The van der Waals surface area contributed by atoms with Gasteiger partial charge in [-0.2, -0.15) is 0 Å². The van der Waals surface area contributed by atoms with Gasteiger partial charge in [-0.05, 0) is 0 Å². The van der Waals surface area contributed by atoms with Gasteiger partial charge in [-0.3, -0.25) is 0 Å². The molecule has 0 unspecified atom stereocenters. The average molecular weight is 836 g/mol. The molecule has 270 valence electrons. The van der Waals surface area contributed by atoms with Crippen LogP contribution in [0.15, 0.2) is 197 Å². The van der Waals surface area contributed by atoms with Gasteiger partial charge in [-0.1, -0.05) is 0 Å². The van der Waals surface area contributed by atoms with Crippen LogP contribution in [0.3, 0.4) is 0 Å². The Bertz CT molecular complexity index is 1970. The molecule has 55 heavy (non-hydrogen) atoms. The summed E-state index contributed by atoms with van der Waals surface area (Å²) in [5.74, 6) is 0. The molecular formula is C39H33GaN12S3. The van der Waals surface area contributed by atoms with Crippen LogP contribution in [0.5, 0.6) is 0 Å². The van der Waals surface area contributed by atoms with E-state index in [-0.39, 0.29) is 15.3 Å². The number of anilines is 6. The number of thiocarbonyl (C=S) groups is 3. The summed E-state index contributed by atoms with van der Waals surface area (Å²) in [4.78, 5) is 0. The predicted molar refractivity (Wildman–Crippen MR) is 233 cm³/mol. The van der Waals surface area contributed by atoms with Gasteiger partial charge in [0.1, 0.15) is 0 Å². The zero-order valence-corrected chi connectivity index (χ0v) is 34.0. The number of hydrogen-bond acceptors (Lipinski definition) is 9. The molecule has 0 spiro atoms. The van der Waals surface area contributed by atoms with E-state index in [1.807, 2.05) is 193 Å². The molecule has 0 aliphatic rings. The number of nitrogens with zero attached hydrogens (tertiary/aromatic N) is 9. The van der Waals surface area contributed by atoms with E-state index in [4.69, 9.17) is 53.2 Å². The average Bonchev–Trinajstić information content (AvgIpc) is 3.26. The van der Waals surface area contributed by atoms with Crippen LogP contribution < -0.4 is 26.2 Å². The van der Waals surface area contributed by atoms with Gasteiger partial charge in [-0.15, -0.1) is 0 Å². The fourth-order valence-electron chi connectivity index (χ4n) is 5.94. The van der Waals surface area contributed by atoms with Gasteiger partial charge in [-0.25, -0.2) is 0 Å². The number of benzene rings is 6. The van der Waals surface area contributed by atoms with E-state index in [0.29, 0.717) is 34.1 Å². The summed E-state index contributed by atoms with van der Waals surface area (Å²) in [5, 5.41) is 16.6. The van der Waals surface area contributed by atoms with Gasteiger partial charge in [0.15, 0.2) is 0 Å². The number of hydrazine groups is 3. The summed E-state index contributed by atoms with van der Waals surface area (Å²) in [6.45, 7) is 0. The SMILES string of the molecule is N=NC(=S)N(c1ccccc1)[N](c1ccccc1)[Ga]([N](c1ccccc1)N(C(=S)N=N)c1ccccc1)[N](c1ccccc1)N(C(=S)N=N)c1ccccc1. The normalized spacial score (nSPS) is 10.3. The zero-order valence-electron chi connectivity index (χ0n) is 29.1. The maximum atomic E-state index is 8.33. The standard InChI is InChI=1S/3C13H11N4S.Ga/c3*14-15-13(18)17(12-9-5-2-6-10-12)16-11-7-3-1-4-8-11;/h3*1-10,14H;/q3*-1;+3. The Morgan fingerprint density at radius 1 is 0.327 bits per heavy atom. The first kappa shape index (κ1) is 38.5. The third-order valence-corrected chi connectivity index (χ3v) is 15.1. The quantitative estimate of drug-likeness (QED) is 0.0478. The summed E-state index contributed by atoms with van der Waals surface area (Å²) in [6.07, 6.45) is 0. The van der Waals surface area contributed by atoms with Crippen LogP contribution in [0.1, 0.15) is 0 Å². The van der Waals surface area contributed by atoms with Crippen LogP contribution in [0.4, 0.5) is 34.1 Å². The van der Waals surface area contributed by atoms with E-state index in [2.05, 4.69) is 15.3 Å². The van der Waals surface area contributed by atoms with Gasteiger partial charge in [0, 0.05) is 0 Å². The molecule has 0 bridgehead atoms. The van der Waals surface area contributed by atoms with Crippen molar-refractivity contribution in [1.29, 1.82) is 16.6 Å². The fraction of sp³-hybridized carbons (Fsp3) is 0. The van der Waals surface area contributed by atoms with Crippen molar-refractivity contribution in [3.05, 3.63) is 182 Å². The van der Waals surface area contributed by atoms with Gasteiger partial charge < -0.3 is 0 Å². The van der Waals surface area contributed by atoms with Crippen molar-refractivity contribution in [1.82, 2.24) is 0 Å². The molecule has 6 aromatic carbocycles. The molecule has 6 aromatic rings. The molecule has 12 nitrogen and oxygen atoms in total.